The van der Waals surface area contributed by atoms with Crippen molar-refractivity contribution in [1.29, 1.82) is 0 Å². The molecule has 3 atom stereocenters. The molecule has 0 aromatic heterocycles. The van der Waals surface area contributed by atoms with Crippen LogP contribution in [-0.4, -0.2) is 47.2 Å². The summed E-state index contributed by atoms with van der Waals surface area (Å²) in [6.45, 7) is 1.33. The van der Waals surface area contributed by atoms with Gasteiger partial charge in [0.25, 0.3) is 17.7 Å². The van der Waals surface area contributed by atoms with Gasteiger partial charge in [-0.2, -0.15) is 5.01 Å². The summed E-state index contributed by atoms with van der Waals surface area (Å²) in [4.78, 5) is 53.4. The van der Waals surface area contributed by atoms with E-state index in [0.29, 0.717) is 12.2 Å². The van der Waals surface area contributed by atoms with Crippen molar-refractivity contribution in [3.05, 3.63) is 75.8 Å². The van der Waals surface area contributed by atoms with E-state index in [-0.39, 0.29) is 27.1 Å². The predicted octanol–water partition coefficient (Wildman–Crippen LogP) is 4.44. The van der Waals surface area contributed by atoms with Crippen LogP contribution < -0.4 is 4.74 Å². The standard InChI is InChI=1S/C25H22Cl2N2O5/c1-14-5-3-8-18-22(14)25(33)29(24(18)32)28(23(31)16-9-10-19(26)20(27)12-16)13-21(30)15-6-4-7-17(11-15)34-2/h3-7,9-12,14,18,22H,8,13H2,1-2H3/t14-,18+,22-/m0/s1. The Bertz CT molecular complexity index is 1210. The molecule has 2 aromatic rings. The van der Waals surface area contributed by atoms with Crippen LogP contribution >= 0.6 is 23.2 Å². The van der Waals surface area contributed by atoms with Crippen LogP contribution in [0.25, 0.3) is 0 Å². The molecule has 0 N–H and O–H groups in total. The number of benzene rings is 2. The van der Waals surface area contributed by atoms with E-state index in [4.69, 9.17) is 27.9 Å². The Balaban J connectivity index is 1.72. The van der Waals surface area contributed by atoms with Gasteiger partial charge in [0.2, 0.25) is 0 Å². The maximum atomic E-state index is 13.5. The van der Waals surface area contributed by atoms with Crippen LogP contribution in [-0.2, 0) is 9.59 Å². The molecule has 0 spiro atoms. The molecular formula is C25H22Cl2N2O5. The van der Waals surface area contributed by atoms with Gasteiger partial charge in [-0.05, 0) is 42.7 Å². The summed E-state index contributed by atoms with van der Waals surface area (Å²) in [6, 6.07) is 10.7. The highest BCUT2D eigenvalue weighted by Gasteiger charge is 2.53. The van der Waals surface area contributed by atoms with Gasteiger partial charge in [-0.15, -0.1) is 0 Å². The Kier molecular flexibility index (Phi) is 6.77. The van der Waals surface area contributed by atoms with Crippen molar-refractivity contribution >= 4 is 46.7 Å². The number of Topliss-reactive ketones (excluding diaryl/α,β-unsaturated/α-hetero) is 1. The van der Waals surface area contributed by atoms with Crippen LogP contribution in [0.2, 0.25) is 10.0 Å². The number of ether oxygens (including phenoxy) is 1. The molecule has 0 unspecified atom stereocenters. The highest BCUT2D eigenvalue weighted by molar-refractivity contribution is 6.42. The molecule has 1 heterocycles. The molecule has 9 heteroatoms. The van der Waals surface area contributed by atoms with Crippen LogP contribution in [0.3, 0.4) is 0 Å². The van der Waals surface area contributed by atoms with Crippen molar-refractivity contribution in [3.63, 3.8) is 0 Å². The number of imide groups is 1. The summed E-state index contributed by atoms with van der Waals surface area (Å²) >= 11 is 12.1. The van der Waals surface area contributed by atoms with Crippen molar-refractivity contribution in [2.24, 2.45) is 17.8 Å². The van der Waals surface area contributed by atoms with Crippen molar-refractivity contribution in [2.45, 2.75) is 13.3 Å². The van der Waals surface area contributed by atoms with Gasteiger partial charge < -0.3 is 4.74 Å². The highest BCUT2D eigenvalue weighted by atomic mass is 35.5. The molecule has 4 rings (SSSR count). The second-order valence-electron chi connectivity index (χ2n) is 8.29. The number of carbonyl (C=O) groups excluding carboxylic acids is 4. The van der Waals surface area contributed by atoms with Crippen LogP contribution in [0.4, 0.5) is 0 Å². The zero-order valence-corrected chi connectivity index (χ0v) is 20.0. The molecule has 1 aliphatic heterocycles. The number of amides is 3. The van der Waals surface area contributed by atoms with Gasteiger partial charge in [-0.3, -0.25) is 19.2 Å². The summed E-state index contributed by atoms with van der Waals surface area (Å²) in [7, 11) is 1.47. The Morgan fingerprint density at radius 1 is 1.06 bits per heavy atom. The van der Waals surface area contributed by atoms with Gasteiger partial charge in [0.1, 0.15) is 12.3 Å². The summed E-state index contributed by atoms with van der Waals surface area (Å²) in [5, 5.41) is 2.13. The Morgan fingerprint density at radius 3 is 2.50 bits per heavy atom. The van der Waals surface area contributed by atoms with Gasteiger partial charge in [-0.1, -0.05) is 54.4 Å². The average Bonchev–Trinajstić information content (AvgIpc) is 3.09. The van der Waals surface area contributed by atoms with Crippen molar-refractivity contribution in [1.82, 2.24) is 10.0 Å². The summed E-state index contributed by atoms with van der Waals surface area (Å²) in [5.74, 6) is -3.05. The lowest BCUT2D eigenvalue weighted by atomic mass is 9.78. The molecule has 7 nitrogen and oxygen atoms in total. The first-order valence-electron chi connectivity index (χ1n) is 10.7. The molecule has 1 fully saturated rings. The molecule has 1 aliphatic carbocycles. The van der Waals surface area contributed by atoms with Crippen molar-refractivity contribution < 1.29 is 23.9 Å². The fraction of sp³-hybridized carbons (Fsp3) is 0.280. The fourth-order valence-electron chi connectivity index (χ4n) is 4.40. The van der Waals surface area contributed by atoms with Gasteiger partial charge in [0.15, 0.2) is 5.78 Å². The van der Waals surface area contributed by atoms with Crippen LogP contribution in [0.5, 0.6) is 5.75 Å². The molecule has 1 saturated heterocycles. The minimum absolute atomic E-state index is 0.0921. The average molecular weight is 501 g/mol. The topological polar surface area (TPSA) is 84.0 Å². The summed E-state index contributed by atoms with van der Waals surface area (Å²) in [6.07, 6.45) is 4.16. The minimum atomic E-state index is -0.712. The fourth-order valence-corrected chi connectivity index (χ4v) is 4.70. The SMILES string of the molecule is COc1cccc(C(=O)CN(C(=O)c2ccc(Cl)c(Cl)c2)N2C(=O)[C@H]3[C@@H](C)C=CC[C@H]3C2=O)c1. The minimum Gasteiger partial charge on any atom is -0.497 e. The Hall–Kier alpha value is -3.16. The van der Waals surface area contributed by atoms with Crippen LogP contribution in [0.15, 0.2) is 54.6 Å². The van der Waals surface area contributed by atoms with E-state index in [1.165, 1.54) is 31.4 Å². The number of hydrogen-bond acceptors (Lipinski definition) is 5. The third-order valence-electron chi connectivity index (χ3n) is 6.18. The van der Waals surface area contributed by atoms with Crippen LogP contribution in [0.1, 0.15) is 34.1 Å². The molecule has 34 heavy (non-hydrogen) atoms. The number of halogens is 2. The van der Waals surface area contributed by atoms with Crippen molar-refractivity contribution in [3.8, 4) is 5.75 Å². The molecule has 0 radical (unpaired) electrons. The number of rotatable bonds is 6. The number of carbonyl (C=O) groups is 4. The van der Waals surface area contributed by atoms with E-state index in [9.17, 15) is 19.2 Å². The van der Waals surface area contributed by atoms with E-state index < -0.39 is 41.9 Å². The van der Waals surface area contributed by atoms with Gasteiger partial charge in [0.05, 0.1) is 29.0 Å². The predicted molar refractivity (Wildman–Crippen MR) is 127 cm³/mol. The smallest absolute Gasteiger partial charge is 0.273 e. The second kappa shape index (κ2) is 9.60. The van der Waals surface area contributed by atoms with Crippen LogP contribution in [0, 0.1) is 17.8 Å². The molecule has 0 bridgehead atoms. The van der Waals surface area contributed by atoms with E-state index >= 15 is 0 Å². The highest BCUT2D eigenvalue weighted by Crippen LogP contribution is 2.39. The molecule has 176 valence electrons. The first kappa shape index (κ1) is 24.0. The summed E-state index contributed by atoms with van der Waals surface area (Å²) in [5.41, 5.74) is 0.368. The monoisotopic (exact) mass is 500 g/mol. The van der Waals surface area contributed by atoms with Gasteiger partial charge >= 0.3 is 0 Å². The zero-order valence-electron chi connectivity index (χ0n) is 18.5. The lowest BCUT2D eigenvalue weighted by Gasteiger charge is -2.30. The summed E-state index contributed by atoms with van der Waals surface area (Å²) < 4.78 is 5.18. The quantitative estimate of drug-likeness (QED) is 0.332. The van der Waals surface area contributed by atoms with E-state index in [1.54, 1.807) is 18.2 Å². The molecule has 2 aromatic carbocycles. The van der Waals surface area contributed by atoms with E-state index in [0.717, 1.165) is 10.0 Å². The first-order valence-corrected chi connectivity index (χ1v) is 11.5. The number of nitrogens with zero attached hydrogens (tertiary/aromatic N) is 2. The number of hydrogen-bond donors (Lipinski definition) is 0. The van der Waals surface area contributed by atoms with Gasteiger partial charge in [0, 0.05) is 11.1 Å². The number of ketones is 1. The number of fused-ring (bicyclic) bond motifs is 1. The second-order valence-corrected chi connectivity index (χ2v) is 9.10. The largest absolute Gasteiger partial charge is 0.497 e. The normalized spacial score (nSPS) is 21.4. The number of hydrazine groups is 1. The third-order valence-corrected chi connectivity index (χ3v) is 6.92. The van der Waals surface area contributed by atoms with Crippen molar-refractivity contribution in [2.75, 3.05) is 13.7 Å². The maximum Gasteiger partial charge on any atom is 0.273 e. The molecular weight excluding hydrogens is 479 g/mol. The lowest BCUT2D eigenvalue weighted by molar-refractivity contribution is -0.154. The van der Waals surface area contributed by atoms with Gasteiger partial charge in [-0.25, -0.2) is 5.01 Å². The lowest BCUT2D eigenvalue weighted by Crippen LogP contribution is -2.52. The van der Waals surface area contributed by atoms with E-state index in [2.05, 4.69) is 0 Å². The first-order chi connectivity index (χ1) is 16.2. The maximum absolute atomic E-state index is 13.5. The third kappa shape index (κ3) is 4.33. The van der Waals surface area contributed by atoms with E-state index in [1.807, 2.05) is 19.1 Å². The Labute approximate surface area is 206 Å². The Morgan fingerprint density at radius 2 is 1.82 bits per heavy atom. The molecule has 0 saturated carbocycles. The number of methoxy groups -OCH3 is 1. The molecule has 2 aliphatic rings. The molecule has 3 amide bonds. The number of allylic oxidation sites excluding steroid dienone is 2. The zero-order chi connectivity index (χ0) is 24.6.